The Balaban J connectivity index is 1.94. The zero-order valence-electron chi connectivity index (χ0n) is 20.4. The molecule has 0 fully saturated rings. The van der Waals surface area contributed by atoms with Crippen LogP contribution in [0.4, 0.5) is 0 Å². The van der Waals surface area contributed by atoms with Gasteiger partial charge in [0.05, 0.1) is 0 Å². The van der Waals surface area contributed by atoms with Crippen molar-refractivity contribution in [3.05, 3.63) is 53.1 Å². The number of carbonyl (C=O) groups excluding carboxylic acids is 2. The second-order valence-corrected chi connectivity index (χ2v) is 12.0. The van der Waals surface area contributed by atoms with Gasteiger partial charge in [0, 0.05) is 0 Å². The first-order chi connectivity index (χ1) is 15.5. The molecular weight excluding hydrogens is 483 g/mol. The van der Waals surface area contributed by atoms with Crippen LogP contribution in [0.2, 0.25) is 0 Å². The van der Waals surface area contributed by atoms with E-state index in [2.05, 4.69) is 39.8 Å². The van der Waals surface area contributed by atoms with Gasteiger partial charge in [-0.15, -0.1) is 0 Å². The fourth-order valence-corrected chi connectivity index (χ4v) is 6.04. The van der Waals surface area contributed by atoms with Crippen molar-refractivity contribution >= 4 is 35.8 Å². The standard InChI is InChI=1S/C27H34O5Se/c1-7-30-25(29)19-8-10-20(11-9-19)33-24-17-22-21(26(3,4)12-13-27(22,5)6)16-23(24)32-15-14-31-18(2)28/h8-11,16-17H,7,12-15H2,1-6H3. The number of esters is 2. The molecule has 5 nitrogen and oxygen atoms in total. The van der Waals surface area contributed by atoms with E-state index in [0.717, 1.165) is 27.5 Å². The summed E-state index contributed by atoms with van der Waals surface area (Å²) in [6.45, 7) is 13.3. The predicted octanol–water partition coefficient (Wildman–Crippen LogP) is 3.81. The van der Waals surface area contributed by atoms with Crippen molar-refractivity contribution in [1.82, 2.24) is 0 Å². The molecule has 0 spiro atoms. The van der Waals surface area contributed by atoms with E-state index in [4.69, 9.17) is 14.2 Å². The van der Waals surface area contributed by atoms with Gasteiger partial charge in [0.25, 0.3) is 0 Å². The van der Waals surface area contributed by atoms with Crippen molar-refractivity contribution in [2.24, 2.45) is 0 Å². The third kappa shape index (κ3) is 6.18. The number of carbonyl (C=O) groups is 2. The van der Waals surface area contributed by atoms with Crippen molar-refractivity contribution < 1.29 is 23.8 Å². The molecule has 0 amide bonds. The quantitative estimate of drug-likeness (QED) is 0.303. The van der Waals surface area contributed by atoms with Crippen molar-refractivity contribution in [2.45, 2.75) is 65.2 Å². The van der Waals surface area contributed by atoms with Gasteiger partial charge in [-0.3, -0.25) is 0 Å². The fourth-order valence-electron chi connectivity index (χ4n) is 4.10. The number of rotatable bonds is 8. The summed E-state index contributed by atoms with van der Waals surface area (Å²) in [5.41, 5.74) is 3.44. The second-order valence-electron chi connectivity index (χ2n) is 9.65. The molecule has 6 heteroatoms. The van der Waals surface area contributed by atoms with E-state index in [1.54, 1.807) is 6.92 Å². The minimum absolute atomic E-state index is 0.0172. The van der Waals surface area contributed by atoms with E-state index in [-0.39, 0.29) is 44.3 Å². The molecule has 3 rings (SSSR count). The summed E-state index contributed by atoms with van der Waals surface area (Å²) < 4.78 is 18.6. The van der Waals surface area contributed by atoms with Crippen LogP contribution in [-0.2, 0) is 25.1 Å². The van der Waals surface area contributed by atoms with Crippen LogP contribution in [0.1, 0.15) is 75.9 Å². The third-order valence-corrected chi connectivity index (χ3v) is 8.35. The van der Waals surface area contributed by atoms with Gasteiger partial charge >= 0.3 is 203 Å². The van der Waals surface area contributed by atoms with Gasteiger partial charge in [-0.05, 0) is 0 Å². The zero-order valence-corrected chi connectivity index (χ0v) is 22.2. The van der Waals surface area contributed by atoms with Gasteiger partial charge in [0.15, 0.2) is 0 Å². The van der Waals surface area contributed by atoms with Crippen molar-refractivity contribution in [3.8, 4) is 5.75 Å². The fraction of sp³-hybridized carbons (Fsp3) is 0.481. The Morgan fingerprint density at radius 1 is 0.909 bits per heavy atom. The molecule has 0 radical (unpaired) electrons. The topological polar surface area (TPSA) is 61.8 Å². The van der Waals surface area contributed by atoms with Gasteiger partial charge in [0.1, 0.15) is 0 Å². The van der Waals surface area contributed by atoms with Crippen LogP contribution >= 0.6 is 0 Å². The van der Waals surface area contributed by atoms with Crippen LogP contribution in [0.25, 0.3) is 0 Å². The minimum atomic E-state index is -0.307. The van der Waals surface area contributed by atoms with Crippen molar-refractivity contribution in [1.29, 1.82) is 0 Å². The maximum absolute atomic E-state index is 12.0. The Morgan fingerprint density at radius 3 is 2.09 bits per heavy atom. The van der Waals surface area contributed by atoms with Crippen LogP contribution in [0.15, 0.2) is 36.4 Å². The first-order valence-electron chi connectivity index (χ1n) is 11.4. The molecule has 0 saturated heterocycles. The number of hydrogen-bond acceptors (Lipinski definition) is 5. The number of benzene rings is 2. The molecule has 0 bridgehead atoms. The summed E-state index contributed by atoms with van der Waals surface area (Å²) in [6.07, 6.45) is 2.26. The van der Waals surface area contributed by atoms with Gasteiger partial charge in [0.2, 0.25) is 0 Å². The maximum atomic E-state index is 12.0. The molecule has 2 aromatic carbocycles. The van der Waals surface area contributed by atoms with E-state index in [1.165, 1.54) is 18.1 Å². The first-order valence-corrected chi connectivity index (χ1v) is 13.1. The summed E-state index contributed by atoms with van der Waals surface area (Å²) in [7, 11) is 0. The Hall–Kier alpha value is -2.30. The van der Waals surface area contributed by atoms with E-state index < -0.39 is 0 Å². The van der Waals surface area contributed by atoms with Crippen LogP contribution in [-0.4, -0.2) is 46.7 Å². The second kappa shape index (κ2) is 10.3. The SMILES string of the molecule is CCOC(=O)c1ccc([Se]c2cc3c(cc2OCCOC(C)=O)C(C)(C)CCC3(C)C)cc1. The number of fused-ring (bicyclic) bond motifs is 1. The van der Waals surface area contributed by atoms with Gasteiger partial charge in [-0.25, -0.2) is 0 Å². The van der Waals surface area contributed by atoms with Crippen molar-refractivity contribution in [2.75, 3.05) is 19.8 Å². The monoisotopic (exact) mass is 518 g/mol. The van der Waals surface area contributed by atoms with Crippen LogP contribution in [0.3, 0.4) is 0 Å². The average Bonchev–Trinajstić information content (AvgIpc) is 2.75. The normalized spacial score (nSPS) is 15.9. The zero-order chi connectivity index (χ0) is 24.2. The van der Waals surface area contributed by atoms with Crippen LogP contribution in [0, 0.1) is 0 Å². The Kier molecular flexibility index (Phi) is 7.92. The summed E-state index contributed by atoms with van der Waals surface area (Å²) in [5, 5.41) is 0. The first kappa shape index (κ1) is 25.3. The molecule has 2 aromatic rings. The molecule has 0 N–H and O–H groups in total. The van der Waals surface area contributed by atoms with Crippen LogP contribution in [0.5, 0.6) is 5.75 Å². The van der Waals surface area contributed by atoms with E-state index in [1.807, 2.05) is 24.3 Å². The molecule has 0 saturated carbocycles. The van der Waals surface area contributed by atoms with E-state index in [9.17, 15) is 9.59 Å². The summed E-state index contributed by atoms with van der Waals surface area (Å²) in [5.74, 6) is 0.239. The molecule has 0 heterocycles. The third-order valence-electron chi connectivity index (χ3n) is 6.16. The molecule has 0 unspecified atom stereocenters. The summed E-state index contributed by atoms with van der Waals surface area (Å²) >= 11 is -0.0172. The average molecular weight is 518 g/mol. The van der Waals surface area contributed by atoms with Gasteiger partial charge in [-0.2, -0.15) is 0 Å². The molecule has 0 atom stereocenters. The molecule has 0 aliphatic heterocycles. The van der Waals surface area contributed by atoms with Crippen LogP contribution < -0.4 is 13.7 Å². The van der Waals surface area contributed by atoms with E-state index >= 15 is 0 Å². The molecular formula is C27H34O5Se. The Morgan fingerprint density at radius 2 is 1.52 bits per heavy atom. The van der Waals surface area contributed by atoms with Gasteiger partial charge < -0.3 is 0 Å². The Bertz CT molecular complexity index is 1010. The summed E-state index contributed by atoms with van der Waals surface area (Å²) in [6, 6.07) is 12.1. The molecule has 0 aromatic heterocycles. The number of ether oxygens (including phenoxy) is 3. The molecule has 33 heavy (non-hydrogen) atoms. The predicted molar refractivity (Wildman–Crippen MR) is 131 cm³/mol. The number of hydrogen-bond donors (Lipinski definition) is 0. The van der Waals surface area contributed by atoms with Crippen molar-refractivity contribution in [3.63, 3.8) is 0 Å². The van der Waals surface area contributed by atoms with E-state index in [0.29, 0.717) is 18.8 Å². The summed E-state index contributed by atoms with van der Waals surface area (Å²) in [4.78, 5) is 23.1. The Labute approximate surface area is 203 Å². The van der Waals surface area contributed by atoms with Gasteiger partial charge in [-0.1, -0.05) is 0 Å². The molecule has 178 valence electrons. The molecule has 1 aliphatic carbocycles. The molecule has 1 aliphatic rings.